The third kappa shape index (κ3) is 4.78. The Bertz CT molecular complexity index is 415. The summed E-state index contributed by atoms with van der Waals surface area (Å²) in [6, 6.07) is 0. The van der Waals surface area contributed by atoms with E-state index in [9.17, 15) is 14.0 Å². The van der Waals surface area contributed by atoms with Gasteiger partial charge in [-0.1, -0.05) is 0 Å². The smallest absolute Gasteiger partial charge is 0.180 e. The summed E-state index contributed by atoms with van der Waals surface area (Å²) in [5.41, 5.74) is 0.952. The van der Waals surface area contributed by atoms with Crippen molar-refractivity contribution in [3.05, 3.63) is 22.1 Å². The van der Waals surface area contributed by atoms with Gasteiger partial charge in [-0.2, -0.15) is 14.0 Å². The molecule has 1 heterocycles. The van der Waals surface area contributed by atoms with E-state index in [0.717, 1.165) is 14.7 Å². The highest BCUT2D eigenvalue weighted by molar-refractivity contribution is 8.85. The Kier molecular flexibility index (Phi) is 6.07. The number of thioether (sulfide) groups is 1. The first-order chi connectivity index (χ1) is 8.24. The second kappa shape index (κ2) is 6.67. The molecule has 0 radical (unpaired) electrons. The molecule has 9 heteroatoms. The largest absolute Gasteiger partial charge is 0.383 e. The van der Waals surface area contributed by atoms with Crippen molar-refractivity contribution in [2.45, 2.75) is 6.92 Å². The lowest BCUT2D eigenvalue weighted by Crippen LogP contribution is -2.60. The fourth-order valence-electron chi connectivity index (χ4n) is 1.10. The topological polar surface area (TPSA) is 81.7 Å². The Morgan fingerprint density at radius 1 is 1.39 bits per heavy atom. The first-order valence-electron chi connectivity index (χ1n) is 4.75. The van der Waals surface area contributed by atoms with E-state index in [2.05, 4.69) is 3.74 Å². The lowest BCUT2D eigenvalue weighted by molar-refractivity contribution is -1.91. The van der Waals surface area contributed by atoms with Gasteiger partial charge in [0.05, 0.1) is 19.3 Å². The molecule has 0 saturated carbocycles. The molecule has 0 aromatic rings. The van der Waals surface area contributed by atoms with Gasteiger partial charge in [0.15, 0.2) is 9.80 Å². The molecule has 1 unspecified atom stereocenters. The first-order valence-corrected chi connectivity index (χ1v) is 9.69. The van der Waals surface area contributed by atoms with E-state index in [1.54, 1.807) is 12.3 Å². The van der Waals surface area contributed by atoms with E-state index in [1.807, 2.05) is 32.2 Å². The summed E-state index contributed by atoms with van der Waals surface area (Å²) in [4.78, 5) is 2.55. The highest BCUT2D eigenvalue weighted by Crippen LogP contribution is 2.52. The van der Waals surface area contributed by atoms with E-state index in [0.29, 0.717) is 0 Å². The number of halogens is 1. The average molecular weight is 332 g/mol. The normalized spacial score (nSPS) is 21.3. The first kappa shape index (κ1) is 16.4. The maximum absolute atomic E-state index is 10.7. The van der Waals surface area contributed by atoms with Crippen molar-refractivity contribution >= 4 is 37.2 Å². The number of hydrogen-bond acceptors (Lipinski definition) is 7. The van der Waals surface area contributed by atoms with Crippen LogP contribution in [0.3, 0.4) is 0 Å². The predicted octanol–water partition coefficient (Wildman–Crippen LogP) is -0.412. The molecule has 1 atom stereocenters. The molecule has 0 aromatic heterocycles. The summed E-state index contributed by atoms with van der Waals surface area (Å²) in [7, 11) is -0.543. The van der Waals surface area contributed by atoms with E-state index in [-0.39, 0.29) is 0 Å². The van der Waals surface area contributed by atoms with Gasteiger partial charge < -0.3 is 4.90 Å². The number of allylic oxidation sites excluding steroid dienone is 2. The van der Waals surface area contributed by atoms with Gasteiger partial charge in [-0.05, 0) is 41.8 Å². The average Bonchev–Trinajstić information content (AvgIpc) is 2.49. The van der Waals surface area contributed by atoms with Crippen LogP contribution >= 0.6 is 32.4 Å². The Hall–Kier alpha value is 0.330. The van der Waals surface area contributed by atoms with E-state index in [1.165, 1.54) is 22.6 Å². The SMILES string of the molecule is CSC1=C(C)C(/C=C/N(C)C)=S(O[Cl+3]([O-])([O-])[O-])S1. The molecule has 0 aliphatic carbocycles. The summed E-state index contributed by atoms with van der Waals surface area (Å²) in [6.07, 6.45) is 5.46. The molecule has 0 amide bonds. The highest BCUT2D eigenvalue weighted by atomic mass is 35.7. The van der Waals surface area contributed by atoms with Crippen LogP contribution in [-0.4, -0.2) is 30.1 Å². The van der Waals surface area contributed by atoms with E-state index < -0.39 is 20.0 Å². The summed E-state index contributed by atoms with van der Waals surface area (Å²) < 4.78 is 37.6. The Balaban J connectivity index is 3.03. The van der Waals surface area contributed by atoms with Gasteiger partial charge >= 0.3 is 0 Å². The maximum Gasteiger partial charge on any atom is 0.180 e. The van der Waals surface area contributed by atoms with Crippen LogP contribution in [-0.2, 0) is 3.74 Å². The fourth-order valence-corrected chi connectivity index (χ4v) is 7.41. The van der Waals surface area contributed by atoms with Crippen LogP contribution in [0.25, 0.3) is 0 Å². The van der Waals surface area contributed by atoms with Crippen LogP contribution < -0.4 is 14.0 Å². The van der Waals surface area contributed by atoms with Crippen LogP contribution in [0.15, 0.2) is 22.1 Å². The maximum atomic E-state index is 10.7. The van der Waals surface area contributed by atoms with Crippen LogP contribution in [0.2, 0.25) is 0 Å². The van der Waals surface area contributed by atoms with Crippen LogP contribution in [0.1, 0.15) is 6.92 Å². The predicted molar refractivity (Wildman–Crippen MR) is 70.3 cm³/mol. The Morgan fingerprint density at radius 2 is 2.00 bits per heavy atom. The zero-order valence-corrected chi connectivity index (χ0v) is 13.5. The molecule has 104 valence electrons. The second-order valence-electron chi connectivity index (χ2n) is 3.52. The zero-order chi connectivity index (χ0) is 13.9. The third-order valence-electron chi connectivity index (χ3n) is 1.85. The summed E-state index contributed by atoms with van der Waals surface area (Å²) >= 11 is 1.51. The lowest BCUT2D eigenvalue weighted by Gasteiger charge is -2.12. The van der Waals surface area contributed by atoms with Crippen molar-refractivity contribution in [3.8, 4) is 0 Å². The molecule has 18 heavy (non-hydrogen) atoms. The fraction of sp³-hybridized carbons (Fsp3) is 0.444. The van der Waals surface area contributed by atoms with Gasteiger partial charge in [0.1, 0.15) is 3.74 Å². The van der Waals surface area contributed by atoms with E-state index in [4.69, 9.17) is 0 Å². The number of rotatable bonds is 5. The highest BCUT2D eigenvalue weighted by Gasteiger charge is 2.32. The standard InChI is InChI=1S/C9H14ClNO4S3/c1-7-8(5-6-11(2)3)18(15-10(12,13)14)17-9(7)16-4/h5-6H,1-4H3/b6-5+. The summed E-state index contributed by atoms with van der Waals surface area (Å²) in [6.45, 7) is 1.89. The molecule has 0 spiro atoms. The van der Waals surface area contributed by atoms with Gasteiger partial charge in [-0.15, -0.1) is 11.8 Å². The molecule has 0 N–H and O–H groups in total. The van der Waals surface area contributed by atoms with Crippen molar-refractivity contribution < 1.29 is 28.0 Å². The minimum Gasteiger partial charge on any atom is -0.383 e. The molecular weight excluding hydrogens is 318 g/mol. The van der Waals surface area contributed by atoms with Crippen LogP contribution in [0.4, 0.5) is 0 Å². The van der Waals surface area contributed by atoms with Gasteiger partial charge in [0, 0.05) is 14.1 Å². The number of nitrogens with zero attached hydrogens (tertiary/aromatic N) is 1. The molecule has 0 fully saturated rings. The van der Waals surface area contributed by atoms with Gasteiger partial charge in [-0.25, -0.2) is 0 Å². The van der Waals surface area contributed by atoms with Crippen molar-refractivity contribution in [3.63, 3.8) is 0 Å². The van der Waals surface area contributed by atoms with Crippen molar-refractivity contribution in [1.82, 2.24) is 4.90 Å². The van der Waals surface area contributed by atoms with E-state index >= 15 is 0 Å². The minimum atomic E-state index is -4.42. The van der Waals surface area contributed by atoms with Gasteiger partial charge in [0.25, 0.3) is 0 Å². The van der Waals surface area contributed by atoms with Crippen molar-refractivity contribution in [1.29, 1.82) is 0 Å². The van der Waals surface area contributed by atoms with Crippen molar-refractivity contribution in [2.24, 2.45) is 0 Å². The van der Waals surface area contributed by atoms with Gasteiger partial charge in [-0.3, -0.25) is 0 Å². The molecule has 1 aliphatic rings. The quantitative estimate of drug-likeness (QED) is 0.385. The monoisotopic (exact) mass is 331 g/mol. The summed E-state index contributed by atoms with van der Waals surface area (Å²) in [5, 5.41) is 0. The minimum absolute atomic E-state index is 0.727. The Labute approximate surface area is 119 Å². The molecule has 0 aromatic carbocycles. The molecule has 5 nitrogen and oxygen atoms in total. The Morgan fingerprint density at radius 3 is 2.44 bits per heavy atom. The molecule has 1 rings (SSSR count). The lowest BCUT2D eigenvalue weighted by atomic mass is 10.2. The zero-order valence-electron chi connectivity index (χ0n) is 10.3. The second-order valence-corrected chi connectivity index (χ2v) is 8.75. The van der Waals surface area contributed by atoms with Crippen LogP contribution in [0.5, 0.6) is 0 Å². The summed E-state index contributed by atoms with van der Waals surface area (Å²) in [5.74, 6) is 0. The third-order valence-corrected chi connectivity index (χ3v) is 8.03. The molecule has 0 bridgehead atoms. The van der Waals surface area contributed by atoms with Gasteiger partial charge in [0.2, 0.25) is 0 Å². The van der Waals surface area contributed by atoms with Crippen molar-refractivity contribution in [2.75, 3.05) is 20.4 Å². The van der Waals surface area contributed by atoms with Crippen LogP contribution in [0, 0.1) is 10.2 Å². The number of hydrogen-bond donors (Lipinski definition) is 0. The molecular formula is C9H14ClNO4S3. The molecule has 0 saturated heterocycles. The molecule has 1 aliphatic heterocycles.